The molecule has 0 saturated carbocycles. The zero-order valence-corrected chi connectivity index (χ0v) is 17.5. The van der Waals surface area contributed by atoms with E-state index in [1.54, 1.807) is 7.11 Å². The van der Waals surface area contributed by atoms with Crippen molar-refractivity contribution in [3.8, 4) is 0 Å². The predicted molar refractivity (Wildman–Crippen MR) is 114 cm³/mol. The van der Waals surface area contributed by atoms with E-state index in [2.05, 4.69) is 52.1 Å². The standard InChI is InChI=1S/C18H30N4O2.HI/c1-3-19-18(22-14-17-5-4-11-24-17)21-13-15-6-8-16(9-7-15)20-10-12-23-2;/h6-9,17,20H,3-5,10-14H2,1-2H3,(H2,19,21,22);1H. The molecule has 0 radical (unpaired) electrons. The molecule has 0 bridgehead atoms. The van der Waals surface area contributed by atoms with Gasteiger partial charge in [0.25, 0.3) is 0 Å². The van der Waals surface area contributed by atoms with Crippen LogP contribution >= 0.6 is 24.0 Å². The second-order valence-corrected chi connectivity index (χ2v) is 5.83. The van der Waals surface area contributed by atoms with Crippen LogP contribution in [0.3, 0.4) is 0 Å². The molecule has 1 fully saturated rings. The van der Waals surface area contributed by atoms with Gasteiger partial charge in [0.1, 0.15) is 0 Å². The highest BCUT2D eigenvalue weighted by Crippen LogP contribution is 2.11. The normalized spacial score (nSPS) is 17.0. The quantitative estimate of drug-likeness (QED) is 0.228. The third kappa shape index (κ3) is 8.73. The van der Waals surface area contributed by atoms with Crippen molar-refractivity contribution in [3.05, 3.63) is 29.8 Å². The summed E-state index contributed by atoms with van der Waals surface area (Å²) in [6.07, 6.45) is 2.60. The van der Waals surface area contributed by atoms with E-state index in [0.29, 0.717) is 19.3 Å². The first-order valence-electron chi connectivity index (χ1n) is 8.77. The molecule has 3 N–H and O–H groups in total. The molecule has 1 aromatic rings. The maximum absolute atomic E-state index is 5.64. The van der Waals surface area contributed by atoms with Crippen molar-refractivity contribution in [1.29, 1.82) is 0 Å². The number of nitrogens with zero attached hydrogens (tertiary/aromatic N) is 1. The Morgan fingerprint density at radius 1 is 1.28 bits per heavy atom. The van der Waals surface area contributed by atoms with Crippen molar-refractivity contribution in [3.63, 3.8) is 0 Å². The summed E-state index contributed by atoms with van der Waals surface area (Å²) in [5, 5.41) is 9.96. The Bertz CT molecular complexity index is 490. The first-order chi connectivity index (χ1) is 11.8. The molecule has 7 heteroatoms. The van der Waals surface area contributed by atoms with Gasteiger partial charge in [0.15, 0.2) is 5.96 Å². The minimum Gasteiger partial charge on any atom is -0.383 e. The van der Waals surface area contributed by atoms with Crippen LogP contribution in [0.2, 0.25) is 0 Å². The number of methoxy groups -OCH3 is 1. The van der Waals surface area contributed by atoms with Crippen molar-refractivity contribution in [2.45, 2.75) is 32.4 Å². The molecule has 6 nitrogen and oxygen atoms in total. The average molecular weight is 462 g/mol. The summed E-state index contributed by atoms with van der Waals surface area (Å²) in [6, 6.07) is 8.35. The fourth-order valence-corrected chi connectivity index (χ4v) is 2.55. The zero-order chi connectivity index (χ0) is 17.0. The van der Waals surface area contributed by atoms with Crippen LogP contribution in [-0.4, -0.2) is 52.0 Å². The number of nitrogens with one attached hydrogen (secondary N) is 3. The zero-order valence-electron chi connectivity index (χ0n) is 15.2. The van der Waals surface area contributed by atoms with Gasteiger partial charge in [0.2, 0.25) is 0 Å². The average Bonchev–Trinajstić information content (AvgIpc) is 3.12. The van der Waals surface area contributed by atoms with Gasteiger partial charge in [-0.2, -0.15) is 0 Å². The van der Waals surface area contributed by atoms with Crippen LogP contribution in [0.15, 0.2) is 29.3 Å². The second kappa shape index (κ2) is 13.2. The van der Waals surface area contributed by atoms with Gasteiger partial charge in [0.05, 0.1) is 19.3 Å². The van der Waals surface area contributed by atoms with Crippen LogP contribution in [0.25, 0.3) is 0 Å². The molecule has 1 saturated heterocycles. The lowest BCUT2D eigenvalue weighted by atomic mass is 10.2. The van der Waals surface area contributed by atoms with Crippen LogP contribution in [0.4, 0.5) is 5.69 Å². The molecule has 0 amide bonds. The van der Waals surface area contributed by atoms with Gasteiger partial charge in [0, 0.05) is 39.0 Å². The fourth-order valence-electron chi connectivity index (χ4n) is 2.55. The first kappa shape index (κ1) is 22.0. The number of benzene rings is 1. The van der Waals surface area contributed by atoms with E-state index >= 15 is 0 Å². The third-order valence-corrected chi connectivity index (χ3v) is 3.87. The highest BCUT2D eigenvalue weighted by molar-refractivity contribution is 14.0. The van der Waals surface area contributed by atoms with Gasteiger partial charge in [-0.15, -0.1) is 24.0 Å². The number of rotatable bonds is 9. The van der Waals surface area contributed by atoms with Crippen LogP contribution in [0.1, 0.15) is 25.3 Å². The lowest BCUT2D eigenvalue weighted by molar-refractivity contribution is 0.114. The molecule has 1 aromatic carbocycles. The Morgan fingerprint density at radius 2 is 2.08 bits per heavy atom. The molecule has 1 unspecified atom stereocenters. The first-order valence-corrected chi connectivity index (χ1v) is 8.77. The number of hydrogen-bond acceptors (Lipinski definition) is 4. The molecule has 1 aliphatic heterocycles. The van der Waals surface area contributed by atoms with E-state index in [0.717, 1.165) is 50.7 Å². The van der Waals surface area contributed by atoms with E-state index in [-0.39, 0.29) is 24.0 Å². The largest absolute Gasteiger partial charge is 0.383 e. The molecule has 0 aliphatic carbocycles. The van der Waals surface area contributed by atoms with Crippen LogP contribution in [0.5, 0.6) is 0 Å². The Labute approximate surface area is 168 Å². The Balaban J connectivity index is 0.00000312. The molecular formula is C18H31IN4O2. The van der Waals surface area contributed by atoms with Crippen LogP contribution in [-0.2, 0) is 16.0 Å². The molecule has 142 valence electrons. The molecule has 0 aromatic heterocycles. The Hall–Kier alpha value is -1.06. The van der Waals surface area contributed by atoms with E-state index in [4.69, 9.17) is 9.47 Å². The summed E-state index contributed by atoms with van der Waals surface area (Å²) >= 11 is 0. The summed E-state index contributed by atoms with van der Waals surface area (Å²) in [4.78, 5) is 4.65. The van der Waals surface area contributed by atoms with E-state index in [1.165, 1.54) is 5.56 Å². The van der Waals surface area contributed by atoms with Crippen LogP contribution < -0.4 is 16.0 Å². The Kier molecular flexibility index (Phi) is 11.6. The SMILES string of the molecule is CCNC(=NCc1ccc(NCCOC)cc1)NCC1CCCO1.I. The van der Waals surface area contributed by atoms with Gasteiger partial charge >= 0.3 is 0 Å². The van der Waals surface area contributed by atoms with Gasteiger partial charge in [-0.3, -0.25) is 0 Å². The fraction of sp³-hybridized carbons (Fsp3) is 0.611. The van der Waals surface area contributed by atoms with Gasteiger partial charge in [-0.05, 0) is 37.5 Å². The molecule has 1 aliphatic rings. The highest BCUT2D eigenvalue weighted by Gasteiger charge is 2.15. The van der Waals surface area contributed by atoms with Crippen molar-refractivity contribution in [1.82, 2.24) is 10.6 Å². The number of halogens is 1. The molecule has 25 heavy (non-hydrogen) atoms. The maximum atomic E-state index is 5.64. The van der Waals surface area contributed by atoms with Crippen molar-refractivity contribution < 1.29 is 9.47 Å². The number of guanidine groups is 1. The Morgan fingerprint density at radius 3 is 2.72 bits per heavy atom. The molecular weight excluding hydrogens is 431 g/mol. The van der Waals surface area contributed by atoms with Crippen LogP contribution in [0, 0.1) is 0 Å². The number of hydrogen-bond donors (Lipinski definition) is 3. The summed E-state index contributed by atoms with van der Waals surface area (Å²) in [5.41, 5.74) is 2.28. The lowest BCUT2D eigenvalue weighted by Crippen LogP contribution is -2.41. The lowest BCUT2D eigenvalue weighted by Gasteiger charge is -2.14. The smallest absolute Gasteiger partial charge is 0.191 e. The number of anilines is 1. The van der Waals surface area contributed by atoms with Gasteiger partial charge in [-0.1, -0.05) is 12.1 Å². The topological polar surface area (TPSA) is 66.9 Å². The molecule has 2 rings (SSSR count). The summed E-state index contributed by atoms with van der Waals surface area (Å²) in [5.74, 6) is 0.843. The summed E-state index contributed by atoms with van der Waals surface area (Å²) in [7, 11) is 1.71. The third-order valence-electron chi connectivity index (χ3n) is 3.87. The molecule has 0 spiro atoms. The molecule has 1 atom stereocenters. The van der Waals surface area contributed by atoms with E-state index < -0.39 is 0 Å². The van der Waals surface area contributed by atoms with Gasteiger partial charge < -0.3 is 25.4 Å². The number of ether oxygens (including phenoxy) is 2. The minimum absolute atomic E-state index is 0. The number of aliphatic imine (C=N–C) groups is 1. The van der Waals surface area contributed by atoms with Gasteiger partial charge in [-0.25, -0.2) is 4.99 Å². The monoisotopic (exact) mass is 462 g/mol. The molecule has 1 heterocycles. The maximum Gasteiger partial charge on any atom is 0.191 e. The van der Waals surface area contributed by atoms with Crippen molar-refractivity contribution >= 4 is 35.6 Å². The highest BCUT2D eigenvalue weighted by atomic mass is 127. The minimum atomic E-state index is 0. The van der Waals surface area contributed by atoms with Crippen molar-refractivity contribution in [2.24, 2.45) is 4.99 Å². The van der Waals surface area contributed by atoms with E-state index in [1.807, 2.05) is 0 Å². The summed E-state index contributed by atoms with van der Waals surface area (Å²) in [6.45, 7) is 6.78. The second-order valence-electron chi connectivity index (χ2n) is 5.83. The predicted octanol–water partition coefficient (Wildman–Crippen LogP) is 2.60. The van der Waals surface area contributed by atoms with E-state index in [9.17, 15) is 0 Å². The van der Waals surface area contributed by atoms with Crippen molar-refractivity contribution in [2.75, 3.05) is 45.3 Å². The summed E-state index contributed by atoms with van der Waals surface area (Å²) < 4.78 is 10.7.